The first-order chi connectivity index (χ1) is 9.62. The summed E-state index contributed by atoms with van der Waals surface area (Å²) in [6.07, 6.45) is 0. The third-order valence-electron chi connectivity index (χ3n) is 2.83. The number of ether oxygens (including phenoxy) is 2. The highest BCUT2D eigenvalue weighted by Crippen LogP contribution is 2.27. The Hall–Kier alpha value is -1.39. The van der Waals surface area contributed by atoms with Crippen molar-refractivity contribution in [3.63, 3.8) is 0 Å². The number of hydrogen-bond donors (Lipinski definition) is 1. The summed E-state index contributed by atoms with van der Waals surface area (Å²) >= 11 is 9.56. The molecule has 2 aromatic rings. The van der Waals surface area contributed by atoms with Gasteiger partial charge in [0.15, 0.2) is 0 Å². The minimum atomic E-state index is 0.634. The topological polar surface area (TPSA) is 30.5 Å². The van der Waals surface area contributed by atoms with E-state index < -0.39 is 0 Å². The lowest BCUT2D eigenvalue weighted by molar-refractivity contribution is 0.393. The monoisotopic (exact) mass is 355 g/mol. The summed E-state index contributed by atoms with van der Waals surface area (Å²) in [6, 6.07) is 11.5. The Bertz CT molecular complexity index is 582. The van der Waals surface area contributed by atoms with Crippen LogP contribution in [0.4, 0.5) is 5.69 Å². The van der Waals surface area contributed by atoms with Crippen LogP contribution >= 0.6 is 27.5 Å². The number of rotatable bonds is 5. The molecule has 2 aromatic carbocycles. The van der Waals surface area contributed by atoms with Crippen molar-refractivity contribution in [2.24, 2.45) is 0 Å². The van der Waals surface area contributed by atoms with Crippen molar-refractivity contribution >= 4 is 33.2 Å². The summed E-state index contributed by atoms with van der Waals surface area (Å²) in [6.45, 7) is 0.634. The van der Waals surface area contributed by atoms with E-state index in [-0.39, 0.29) is 0 Å². The van der Waals surface area contributed by atoms with Gasteiger partial charge in [0.2, 0.25) is 0 Å². The van der Waals surface area contributed by atoms with Gasteiger partial charge in [-0.05, 0) is 35.9 Å². The van der Waals surface area contributed by atoms with Crippen LogP contribution in [-0.2, 0) is 6.54 Å². The van der Waals surface area contributed by atoms with Crippen LogP contribution in [0, 0.1) is 0 Å². The van der Waals surface area contributed by atoms with Crippen LogP contribution in [0.25, 0.3) is 0 Å². The molecule has 20 heavy (non-hydrogen) atoms. The van der Waals surface area contributed by atoms with E-state index in [9.17, 15) is 0 Å². The van der Waals surface area contributed by atoms with E-state index in [0.717, 1.165) is 27.2 Å². The van der Waals surface area contributed by atoms with Crippen molar-refractivity contribution in [1.82, 2.24) is 0 Å². The fraction of sp³-hybridized carbons (Fsp3) is 0.200. The highest BCUT2D eigenvalue weighted by molar-refractivity contribution is 9.10. The predicted molar refractivity (Wildman–Crippen MR) is 86.0 cm³/mol. The van der Waals surface area contributed by atoms with Crippen LogP contribution in [0.2, 0.25) is 5.02 Å². The molecule has 5 heteroatoms. The molecule has 2 rings (SSSR count). The maximum Gasteiger partial charge on any atom is 0.122 e. The molecular weight excluding hydrogens is 342 g/mol. The van der Waals surface area contributed by atoms with Crippen molar-refractivity contribution in [1.29, 1.82) is 0 Å². The Balaban J connectivity index is 2.13. The maximum absolute atomic E-state index is 6.17. The number of anilines is 1. The highest BCUT2D eigenvalue weighted by Gasteiger charge is 2.04. The zero-order valence-corrected chi connectivity index (χ0v) is 13.6. The van der Waals surface area contributed by atoms with Crippen LogP contribution in [0.3, 0.4) is 0 Å². The van der Waals surface area contributed by atoms with Gasteiger partial charge >= 0.3 is 0 Å². The molecule has 0 spiro atoms. The van der Waals surface area contributed by atoms with Crippen molar-refractivity contribution in [2.75, 3.05) is 19.5 Å². The minimum absolute atomic E-state index is 0.634. The first-order valence-corrected chi connectivity index (χ1v) is 7.20. The summed E-state index contributed by atoms with van der Waals surface area (Å²) in [4.78, 5) is 0. The number of methoxy groups -OCH3 is 2. The Morgan fingerprint density at radius 3 is 2.25 bits per heavy atom. The van der Waals surface area contributed by atoms with E-state index in [4.69, 9.17) is 21.1 Å². The summed E-state index contributed by atoms with van der Waals surface area (Å²) in [7, 11) is 3.27. The first kappa shape index (κ1) is 15.0. The number of benzene rings is 2. The first-order valence-electron chi connectivity index (χ1n) is 6.03. The molecule has 3 nitrogen and oxygen atoms in total. The van der Waals surface area contributed by atoms with Crippen LogP contribution in [0.15, 0.2) is 40.9 Å². The second-order valence-corrected chi connectivity index (χ2v) is 5.52. The second-order valence-electron chi connectivity index (χ2n) is 4.20. The molecule has 0 aliphatic carbocycles. The van der Waals surface area contributed by atoms with Crippen molar-refractivity contribution in [2.45, 2.75) is 6.54 Å². The van der Waals surface area contributed by atoms with Gasteiger partial charge in [0.05, 0.1) is 24.9 Å². The molecule has 0 aliphatic rings. The Kier molecular flexibility index (Phi) is 5.15. The van der Waals surface area contributed by atoms with Crippen molar-refractivity contribution < 1.29 is 9.47 Å². The standard InChI is InChI=1S/C15H15BrClNO2/c1-19-12-5-10(6-13(8-12)20-2)9-18-15-4-3-11(16)7-14(15)17/h3-8,18H,9H2,1-2H3. The molecule has 1 N–H and O–H groups in total. The SMILES string of the molecule is COc1cc(CNc2ccc(Br)cc2Cl)cc(OC)c1. The lowest BCUT2D eigenvalue weighted by Gasteiger charge is -2.11. The third kappa shape index (κ3) is 3.81. The van der Waals surface area contributed by atoms with Crippen molar-refractivity contribution in [3.8, 4) is 11.5 Å². The van der Waals surface area contributed by atoms with Crippen LogP contribution in [0.5, 0.6) is 11.5 Å². The van der Waals surface area contributed by atoms with Crippen LogP contribution < -0.4 is 14.8 Å². The molecule has 0 fully saturated rings. The second kappa shape index (κ2) is 6.86. The molecular formula is C15H15BrClNO2. The molecule has 0 saturated heterocycles. The van der Waals surface area contributed by atoms with Crippen LogP contribution in [-0.4, -0.2) is 14.2 Å². The lowest BCUT2D eigenvalue weighted by Crippen LogP contribution is -2.01. The summed E-state index contributed by atoms with van der Waals surface area (Å²) in [5, 5.41) is 3.97. The predicted octanol–water partition coefficient (Wildman–Crippen LogP) is 4.73. The highest BCUT2D eigenvalue weighted by atomic mass is 79.9. The third-order valence-corrected chi connectivity index (χ3v) is 3.63. The van der Waals surface area contributed by atoms with Gasteiger partial charge < -0.3 is 14.8 Å². The van der Waals surface area contributed by atoms with Gasteiger partial charge in [0.1, 0.15) is 11.5 Å². The number of hydrogen-bond acceptors (Lipinski definition) is 3. The average Bonchev–Trinajstić information content (AvgIpc) is 2.46. The largest absolute Gasteiger partial charge is 0.497 e. The van der Waals surface area contributed by atoms with Gasteiger partial charge in [0, 0.05) is 17.1 Å². The smallest absolute Gasteiger partial charge is 0.122 e. The van der Waals surface area contributed by atoms with Gasteiger partial charge in [-0.1, -0.05) is 27.5 Å². The van der Waals surface area contributed by atoms with Gasteiger partial charge in [0.25, 0.3) is 0 Å². The van der Waals surface area contributed by atoms with Crippen LogP contribution in [0.1, 0.15) is 5.56 Å². The summed E-state index contributed by atoms with van der Waals surface area (Å²) < 4.78 is 11.5. The molecule has 106 valence electrons. The molecule has 0 heterocycles. The number of halogens is 2. The fourth-order valence-electron chi connectivity index (χ4n) is 1.80. The summed E-state index contributed by atoms with van der Waals surface area (Å²) in [5.74, 6) is 1.53. The van der Waals surface area contributed by atoms with Gasteiger partial charge in [-0.15, -0.1) is 0 Å². The molecule has 0 amide bonds. The maximum atomic E-state index is 6.17. The molecule has 0 saturated carbocycles. The Labute approximate surface area is 132 Å². The minimum Gasteiger partial charge on any atom is -0.497 e. The van der Waals surface area contributed by atoms with E-state index in [1.807, 2.05) is 36.4 Å². The van der Waals surface area contributed by atoms with E-state index >= 15 is 0 Å². The molecule has 0 unspecified atom stereocenters. The molecule has 0 aliphatic heterocycles. The molecule has 0 bridgehead atoms. The molecule has 0 radical (unpaired) electrons. The zero-order chi connectivity index (χ0) is 14.5. The zero-order valence-electron chi connectivity index (χ0n) is 11.2. The van der Waals surface area contributed by atoms with E-state index in [2.05, 4.69) is 21.2 Å². The van der Waals surface area contributed by atoms with Gasteiger partial charge in [-0.25, -0.2) is 0 Å². The molecule has 0 aromatic heterocycles. The number of nitrogens with one attached hydrogen (secondary N) is 1. The van der Waals surface area contributed by atoms with Crippen molar-refractivity contribution in [3.05, 3.63) is 51.5 Å². The van der Waals surface area contributed by atoms with Gasteiger partial charge in [-0.2, -0.15) is 0 Å². The molecule has 0 atom stereocenters. The lowest BCUT2D eigenvalue weighted by atomic mass is 10.2. The van der Waals surface area contributed by atoms with E-state index in [1.54, 1.807) is 14.2 Å². The summed E-state index contributed by atoms with van der Waals surface area (Å²) in [5.41, 5.74) is 1.94. The normalized spacial score (nSPS) is 10.2. The quantitative estimate of drug-likeness (QED) is 0.840. The Morgan fingerprint density at radius 2 is 1.70 bits per heavy atom. The fourth-order valence-corrected chi connectivity index (χ4v) is 2.54. The average molecular weight is 357 g/mol. The van der Waals surface area contributed by atoms with E-state index in [1.165, 1.54) is 0 Å². The Morgan fingerprint density at radius 1 is 1.05 bits per heavy atom. The van der Waals surface area contributed by atoms with Gasteiger partial charge in [-0.3, -0.25) is 0 Å². The van der Waals surface area contributed by atoms with E-state index in [0.29, 0.717) is 11.6 Å².